The van der Waals surface area contributed by atoms with Gasteiger partial charge < -0.3 is 5.73 Å². The van der Waals surface area contributed by atoms with E-state index in [0.717, 1.165) is 44.0 Å². The largest absolute Gasteiger partial charge is 0.399 e. The van der Waals surface area contributed by atoms with E-state index in [4.69, 9.17) is 5.73 Å². The summed E-state index contributed by atoms with van der Waals surface area (Å²) in [7, 11) is 0. The van der Waals surface area contributed by atoms with Crippen LogP contribution in [0.2, 0.25) is 0 Å². The van der Waals surface area contributed by atoms with Gasteiger partial charge in [0.15, 0.2) is 0 Å². The van der Waals surface area contributed by atoms with E-state index in [0.29, 0.717) is 0 Å². The zero-order valence-electron chi connectivity index (χ0n) is 12.6. The number of anilines is 1. The van der Waals surface area contributed by atoms with E-state index in [9.17, 15) is 0 Å². The Labute approximate surface area is 134 Å². The predicted molar refractivity (Wildman–Crippen MR) is 88.8 cm³/mol. The first-order chi connectivity index (χ1) is 10.1. The second-order valence-electron chi connectivity index (χ2n) is 5.55. The highest BCUT2D eigenvalue weighted by atomic mass is 79.9. The SMILES string of the molecule is CCc1nn(CC)c(CN2Cc3ccc(N)cc3C2)c1Br. The van der Waals surface area contributed by atoms with Crippen LogP contribution in [0.3, 0.4) is 0 Å². The highest BCUT2D eigenvalue weighted by Crippen LogP contribution is 2.29. The third-order valence-electron chi connectivity index (χ3n) is 4.09. The topological polar surface area (TPSA) is 47.1 Å². The van der Waals surface area contributed by atoms with Crippen molar-refractivity contribution in [3.63, 3.8) is 0 Å². The van der Waals surface area contributed by atoms with Crippen molar-refractivity contribution in [2.75, 3.05) is 5.73 Å². The van der Waals surface area contributed by atoms with Gasteiger partial charge in [-0.15, -0.1) is 0 Å². The summed E-state index contributed by atoms with van der Waals surface area (Å²) in [6.07, 6.45) is 0.956. The van der Waals surface area contributed by atoms with Crippen LogP contribution in [0, 0.1) is 0 Å². The van der Waals surface area contributed by atoms with Gasteiger partial charge in [-0.25, -0.2) is 0 Å². The number of nitrogens with zero attached hydrogens (tertiary/aromatic N) is 3. The first kappa shape index (κ1) is 14.6. The molecule has 0 amide bonds. The van der Waals surface area contributed by atoms with Crippen molar-refractivity contribution in [2.24, 2.45) is 0 Å². The Bertz CT molecular complexity index is 663. The molecule has 2 aromatic rings. The maximum atomic E-state index is 5.88. The Morgan fingerprint density at radius 2 is 2.00 bits per heavy atom. The summed E-state index contributed by atoms with van der Waals surface area (Å²) in [5.41, 5.74) is 11.9. The molecule has 1 aromatic carbocycles. The first-order valence-corrected chi connectivity index (χ1v) is 8.25. The molecule has 1 aliphatic rings. The summed E-state index contributed by atoms with van der Waals surface area (Å²) in [4.78, 5) is 2.44. The molecule has 0 spiro atoms. The van der Waals surface area contributed by atoms with Crippen LogP contribution in [-0.2, 0) is 32.6 Å². The number of fused-ring (bicyclic) bond motifs is 1. The normalized spacial score (nSPS) is 14.6. The molecule has 0 saturated heterocycles. The lowest BCUT2D eigenvalue weighted by Crippen LogP contribution is -2.18. The van der Waals surface area contributed by atoms with Crippen molar-refractivity contribution < 1.29 is 0 Å². The van der Waals surface area contributed by atoms with E-state index >= 15 is 0 Å². The van der Waals surface area contributed by atoms with Gasteiger partial charge in [0.25, 0.3) is 0 Å². The summed E-state index contributed by atoms with van der Waals surface area (Å²) in [5.74, 6) is 0. The number of nitrogen functional groups attached to an aromatic ring is 1. The Balaban J connectivity index is 1.81. The molecule has 2 heterocycles. The lowest BCUT2D eigenvalue weighted by molar-refractivity contribution is 0.265. The van der Waals surface area contributed by atoms with Gasteiger partial charge in [0, 0.05) is 31.9 Å². The molecule has 0 bridgehead atoms. The van der Waals surface area contributed by atoms with Crippen LogP contribution >= 0.6 is 15.9 Å². The minimum absolute atomic E-state index is 0.851. The third-order valence-corrected chi connectivity index (χ3v) is 5.00. The molecule has 0 unspecified atom stereocenters. The molecule has 0 saturated carbocycles. The van der Waals surface area contributed by atoms with Crippen molar-refractivity contribution in [2.45, 2.75) is 46.4 Å². The zero-order chi connectivity index (χ0) is 15.0. The second-order valence-corrected chi connectivity index (χ2v) is 6.34. The fraction of sp³-hybridized carbons (Fsp3) is 0.438. The molecule has 21 heavy (non-hydrogen) atoms. The maximum Gasteiger partial charge on any atom is 0.0767 e. The van der Waals surface area contributed by atoms with E-state index in [-0.39, 0.29) is 0 Å². The van der Waals surface area contributed by atoms with Gasteiger partial charge in [-0.05, 0) is 52.5 Å². The van der Waals surface area contributed by atoms with Crippen LogP contribution in [-0.4, -0.2) is 14.7 Å². The quantitative estimate of drug-likeness (QED) is 0.862. The molecule has 1 aliphatic heterocycles. The fourth-order valence-electron chi connectivity index (χ4n) is 2.98. The van der Waals surface area contributed by atoms with Gasteiger partial charge in [0.05, 0.1) is 15.9 Å². The average Bonchev–Trinajstić information content (AvgIpc) is 3.00. The number of rotatable bonds is 4. The van der Waals surface area contributed by atoms with Crippen molar-refractivity contribution in [1.29, 1.82) is 0 Å². The minimum Gasteiger partial charge on any atom is -0.399 e. The number of hydrogen-bond donors (Lipinski definition) is 1. The number of aromatic nitrogens is 2. The van der Waals surface area contributed by atoms with Gasteiger partial charge in [-0.3, -0.25) is 9.58 Å². The lowest BCUT2D eigenvalue weighted by atomic mass is 10.1. The molecule has 5 heteroatoms. The van der Waals surface area contributed by atoms with Crippen LogP contribution < -0.4 is 5.73 Å². The molecule has 1 aromatic heterocycles. The van der Waals surface area contributed by atoms with Crippen LogP contribution in [0.4, 0.5) is 5.69 Å². The number of nitrogens with two attached hydrogens (primary N) is 1. The first-order valence-electron chi connectivity index (χ1n) is 7.46. The molecular weight excluding hydrogens is 328 g/mol. The van der Waals surface area contributed by atoms with Crippen molar-refractivity contribution in [3.05, 3.63) is 45.2 Å². The molecule has 112 valence electrons. The minimum atomic E-state index is 0.851. The van der Waals surface area contributed by atoms with E-state index in [1.54, 1.807) is 0 Å². The van der Waals surface area contributed by atoms with Crippen LogP contribution in [0.5, 0.6) is 0 Å². The summed E-state index contributed by atoms with van der Waals surface area (Å²) in [6.45, 7) is 8.05. The van der Waals surface area contributed by atoms with Gasteiger partial charge in [-0.1, -0.05) is 13.0 Å². The van der Waals surface area contributed by atoms with Crippen LogP contribution in [0.1, 0.15) is 36.4 Å². The smallest absolute Gasteiger partial charge is 0.0767 e. The Morgan fingerprint density at radius 1 is 1.24 bits per heavy atom. The summed E-state index contributed by atoms with van der Waals surface area (Å²) in [5, 5.41) is 4.68. The molecule has 0 atom stereocenters. The molecule has 0 radical (unpaired) electrons. The van der Waals surface area contributed by atoms with E-state index in [1.165, 1.54) is 21.3 Å². The molecule has 3 rings (SSSR count). The fourth-order valence-corrected chi connectivity index (χ4v) is 3.67. The molecule has 0 aliphatic carbocycles. The monoisotopic (exact) mass is 348 g/mol. The van der Waals surface area contributed by atoms with Crippen LogP contribution in [0.25, 0.3) is 0 Å². The third kappa shape index (κ3) is 2.72. The summed E-state index contributed by atoms with van der Waals surface area (Å²) >= 11 is 3.73. The number of halogens is 1. The standard InChI is InChI=1S/C16H21BrN4/c1-3-14-16(17)15(21(4-2)19-14)10-20-8-11-5-6-13(18)7-12(11)9-20/h5-7H,3-4,8-10,18H2,1-2H3. The zero-order valence-corrected chi connectivity index (χ0v) is 14.2. The van der Waals surface area contributed by atoms with Gasteiger partial charge in [0.2, 0.25) is 0 Å². The van der Waals surface area contributed by atoms with Crippen molar-refractivity contribution in [3.8, 4) is 0 Å². The van der Waals surface area contributed by atoms with Crippen molar-refractivity contribution in [1.82, 2.24) is 14.7 Å². The van der Waals surface area contributed by atoms with Crippen LogP contribution in [0.15, 0.2) is 22.7 Å². The van der Waals surface area contributed by atoms with E-state index in [1.807, 2.05) is 6.07 Å². The number of hydrogen-bond acceptors (Lipinski definition) is 3. The average molecular weight is 349 g/mol. The summed E-state index contributed by atoms with van der Waals surface area (Å²) in [6, 6.07) is 6.23. The Hall–Kier alpha value is -1.33. The summed E-state index contributed by atoms with van der Waals surface area (Å²) < 4.78 is 3.28. The second kappa shape index (κ2) is 5.81. The van der Waals surface area contributed by atoms with Gasteiger partial charge >= 0.3 is 0 Å². The molecular formula is C16H21BrN4. The highest BCUT2D eigenvalue weighted by molar-refractivity contribution is 9.10. The molecule has 0 fully saturated rings. The number of benzene rings is 1. The maximum absolute atomic E-state index is 5.88. The highest BCUT2D eigenvalue weighted by Gasteiger charge is 2.22. The lowest BCUT2D eigenvalue weighted by Gasteiger charge is -2.16. The Kier molecular flexibility index (Phi) is 4.04. The van der Waals surface area contributed by atoms with Crippen molar-refractivity contribution >= 4 is 21.6 Å². The molecule has 2 N–H and O–H groups in total. The van der Waals surface area contributed by atoms with Gasteiger partial charge in [0.1, 0.15) is 0 Å². The predicted octanol–water partition coefficient (Wildman–Crippen LogP) is 3.33. The molecule has 4 nitrogen and oxygen atoms in total. The van der Waals surface area contributed by atoms with Gasteiger partial charge in [-0.2, -0.15) is 5.10 Å². The Morgan fingerprint density at radius 3 is 2.71 bits per heavy atom. The number of aryl methyl sites for hydroxylation is 2. The van der Waals surface area contributed by atoms with E-state index in [2.05, 4.69) is 56.6 Å². The van der Waals surface area contributed by atoms with E-state index < -0.39 is 0 Å².